The van der Waals surface area contributed by atoms with Gasteiger partial charge in [-0.05, 0) is 6.42 Å². The summed E-state index contributed by atoms with van der Waals surface area (Å²) in [6.45, 7) is 2.29. The van der Waals surface area contributed by atoms with Gasteiger partial charge in [-0.15, -0.1) is 0 Å². The third kappa shape index (κ3) is 21.8. The highest BCUT2D eigenvalue weighted by molar-refractivity contribution is 7.83. The van der Waals surface area contributed by atoms with Crippen LogP contribution >= 0.6 is 0 Å². The normalized spacial score (nSPS) is 11.8. The molecule has 0 aromatic rings. The molecule has 0 fully saturated rings. The molecule has 0 aliphatic heterocycles. The molecule has 5 heteroatoms. The maximum atomic E-state index is 12.0. The van der Waals surface area contributed by atoms with E-state index in [1.165, 1.54) is 83.5 Å². The van der Waals surface area contributed by atoms with Gasteiger partial charge in [0.1, 0.15) is 0 Å². The summed E-state index contributed by atoms with van der Waals surface area (Å²) in [6.07, 6.45) is 20.1. The molecule has 0 radical (unpaired) electrons. The van der Waals surface area contributed by atoms with Crippen LogP contribution < -0.4 is 0 Å². The summed E-state index contributed by atoms with van der Waals surface area (Å²) in [5, 5.41) is 0. The summed E-state index contributed by atoms with van der Waals surface area (Å²) in [7, 11) is -4.87. The van der Waals surface area contributed by atoms with Crippen LogP contribution in [0.5, 0.6) is 0 Å². The van der Waals surface area contributed by atoms with Gasteiger partial charge in [-0.25, -0.2) is 0 Å². The summed E-state index contributed by atoms with van der Waals surface area (Å²) in [5.74, 6) is 0. The number of halogens is 2. The van der Waals surface area contributed by atoms with Gasteiger partial charge in [-0.2, -0.15) is 8.57 Å². The topological polar surface area (TPSA) is 29.4 Å². The van der Waals surface area contributed by atoms with E-state index in [9.17, 15) is 12.0 Å². The van der Waals surface area contributed by atoms with Gasteiger partial charge in [0.15, 0.2) is 0 Å². The molecule has 0 bridgehead atoms. The molecule has 0 aromatic heterocycles. The molecule has 23 heavy (non-hydrogen) atoms. The number of nitrogens with zero attached hydrogens (tertiary/aromatic N) is 1. The molecule has 0 saturated carbocycles. The van der Waals surface area contributed by atoms with Crippen molar-refractivity contribution in [3.8, 4) is 0 Å². The molecule has 0 saturated heterocycles. The molecule has 0 rings (SSSR count). The average molecular weight is 354 g/mol. The van der Waals surface area contributed by atoms with Gasteiger partial charge in [0.25, 0.3) is 0 Å². The largest absolute Gasteiger partial charge is 0.366 e. The van der Waals surface area contributed by atoms with Crippen molar-refractivity contribution in [3.63, 3.8) is 0 Å². The molecule has 0 unspecified atom stereocenters. The molecule has 0 aliphatic rings. The van der Waals surface area contributed by atoms with Crippen molar-refractivity contribution in [2.75, 3.05) is 6.54 Å². The first-order chi connectivity index (χ1) is 11.1. The fourth-order valence-electron chi connectivity index (χ4n) is 2.83. The molecular weight excluding hydrogens is 316 g/mol. The van der Waals surface area contributed by atoms with Gasteiger partial charge < -0.3 is 0 Å². The van der Waals surface area contributed by atoms with E-state index in [-0.39, 0.29) is 6.54 Å². The van der Waals surface area contributed by atoms with Crippen LogP contribution in [-0.2, 0) is 10.5 Å². The first-order valence-corrected chi connectivity index (χ1v) is 11.0. The van der Waals surface area contributed by atoms with Crippen molar-refractivity contribution in [1.82, 2.24) is 0 Å². The maximum absolute atomic E-state index is 12.0. The molecular formula is C18H37F2NOS. The summed E-state index contributed by atoms with van der Waals surface area (Å²) in [4.78, 5) is 0. The second kappa shape index (κ2) is 16.7. The Balaban J connectivity index is 3.07. The van der Waals surface area contributed by atoms with Crippen molar-refractivity contribution in [2.24, 2.45) is 4.36 Å². The molecule has 0 spiro atoms. The standard InChI is InChI=1S/C18H37F2NOS/c1-2-3-4-5-6-7-8-9-10-11-12-13-14-15-16-17-18-21-23(19,20)22/h2-18H2,1H3. The second-order valence-corrected chi connectivity index (χ2v) is 7.60. The minimum atomic E-state index is -4.87. The van der Waals surface area contributed by atoms with Crippen molar-refractivity contribution in [2.45, 2.75) is 110 Å². The lowest BCUT2D eigenvalue weighted by Crippen LogP contribution is -1.87. The second-order valence-electron chi connectivity index (χ2n) is 6.55. The molecule has 0 aliphatic carbocycles. The van der Waals surface area contributed by atoms with Gasteiger partial charge in [-0.3, -0.25) is 0 Å². The Morgan fingerprint density at radius 2 is 0.913 bits per heavy atom. The van der Waals surface area contributed by atoms with Gasteiger partial charge in [0.05, 0.1) is 6.54 Å². The zero-order valence-corrected chi connectivity index (χ0v) is 15.9. The highest BCUT2D eigenvalue weighted by Crippen LogP contribution is 2.13. The third-order valence-corrected chi connectivity index (χ3v) is 4.74. The highest BCUT2D eigenvalue weighted by atomic mass is 32.3. The highest BCUT2D eigenvalue weighted by Gasteiger charge is 1.99. The molecule has 0 N–H and O–H groups in total. The number of unbranched alkanes of at least 4 members (excludes halogenated alkanes) is 15. The van der Waals surface area contributed by atoms with Crippen LogP contribution in [0.25, 0.3) is 0 Å². The first kappa shape index (κ1) is 22.8. The van der Waals surface area contributed by atoms with E-state index in [4.69, 9.17) is 0 Å². The molecule has 140 valence electrons. The lowest BCUT2D eigenvalue weighted by atomic mass is 10.0. The minimum Gasteiger partial charge on any atom is -0.182 e. The quantitative estimate of drug-likeness (QED) is 0.197. The maximum Gasteiger partial charge on any atom is 0.366 e. The number of hydrogen-bond donors (Lipinski definition) is 0. The summed E-state index contributed by atoms with van der Waals surface area (Å²) >= 11 is 0. The SMILES string of the molecule is CCCCCCCCCCCCCCCCCCN=S(=O)(F)F. The molecule has 0 atom stereocenters. The predicted molar refractivity (Wildman–Crippen MR) is 97.2 cm³/mol. The van der Waals surface area contributed by atoms with Gasteiger partial charge in [0.2, 0.25) is 0 Å². The summed E-state index contributed by atoms with van der Waals surface area (Å²) < 4.78 is 36.9. The predicted octanol–water partition coefficient (Wildman–Crippen LogP) is 7.48. The van der Waals surface area contributed by atoms with E-state index in [1.54, 1.807) is 0 Å². The van der Waals surface area contributed by atoms with Gasteiger partial charge >= 0.3 is 10.5 Å². The lowest BCUT2D eigenvalue weighted by molar-refractivity contribution is 0.529. The third-order valence-electron chi connectivity index (χ3n) is 4.25. The minimum absolute atomic E-state index is 0.0320. The monoisotopic (exact) mass is 353 g/mol. The van der Waals surface area contributed by atoms with Crippen LogP contribution in [0.2, 0.25) is 0 Å². The van der Waals surface area contributed by atoms with E-state index in [2.05, 4.69) is 11.3 Å². The van der Waals surface area contributed by atoms with Crippen molar-refractivity contribution >= 4 is 10.5 Å². The molecule has 0 aromatic carbocycles. The lowest BCUT2D eigenvalue weighted by Gasteiger charge is -2.03. The Morgan fingerprint density at radius 1 is 0.609 bits per heavy atom. The zero-order valence-electron chi connectivity index (χ0n) is 15.0. The van der Waals surface area contributed by atoms with E-state index in [1.807, 2.05) is 0 Å². The molecule has 0 amide bonds. The fraction of sp³-hybridized carbons (Fsp3) is 1.00. The number of hydrogen-bond acceptors (Lipinski definition) is 2. The van der Waals surface area contributed by atoms with E-state index in [0.29, 0.717) is 6.42 Å². The molecule has 2 nitrogen and oxygen atoms in total. The average Bonchev–Trinajstić information content (AvgIpc) is 2.49. The van der Waals surface area contributed by atoms with Crippen molar-refractivity contribution < 1.29 is 12.0 Å². The van der Waals surface area contributed by atoms with Crippen LogP contribution in [0.3, 0.4) is 0 Å². The van der Waals surface area contributed by atoms with E-state index < -0.39 is 10.5 Å². The van der Waals surface area contributed by atoms with Crippen molar-refractivity contribution in [1.29, 1.82) is 0 Å². The van der Waals surface area contributed by atoms with Crippen LogP contribution in [0, 0.1) is 0 Å². The van der Waals surface area contributed by atoms with Crippen LogP contribution in [-0.4, -0.2) is 10.8 Å². The summed E-state index contributed by atoms with van der Waals surface area (Å²) in [6, 6.07) is 0. The molecule has 0 heterocycles. The zero-order chi connectivity index (χ0) is 17.2. The Kier molecular flexibility index (Phi) is 16.5. The Hall–Kier alpha value is -0.190. The van der Waals surface area contributed by atoms with E-state index >= 15 is 0 Å². The Morgan fingerprint density at radius 3 is 1.22 bits per heavy atom. The van der Waals surface area contributed by atoms with Gasteiger partial charge in [0, 0.05) is 0 Å². The first-order valence-electron chi connectivity index (χ1n) is 9.68. The van der Waals surface area contributed by atoms with E-state index in [0.717, 1.165) is 12.8 Å². The Bertz CT molecular complexity index is 347. The smallest absolute Gasteiger partial charge is 0.182 e. The van der Waals surface area contributed by atoms with Crippen molar-refractivity contribution in [3.05, 3.63) is 0 Å². The van der Waals surface area contributed by atoms with Gasteiger partial charge in [-0.1, -0.05) is 111 Å². The van der Waals surface area contributed by atoms with Crippen LogP contribution in [0.15, 0.2) is 4.36 Å². The summed E-state index contributed by atoms with van der Waals surface area (Å²) in [5.41, 5.74) is 0. The van der Waals surface area contributed by atoms with Crippen LogP contribution in [0.1, 0.15) is 110 Å². The number of rotatable bonds is 17. The fourth-order valence-corrected chi connectivity index (χ4v) is 3.17. The Labute approximate surface area is 143 Å². The van der Waals surface area contributed by atoms with Crippen LogP contribution in [0.4, 0.5) is 7.77 Å².